The molecule has 1 aliphatic rings. The van der Waals surface area contributed by atoms with Crippen LogP contribution >= 0.6 is 0 Å². The quantitative estimate of drug-likeness (QED) is 0.902. The molecule has 1 fully saturated rings. The Morgan fingerprint density at radius 2 is 1.90 bits per heavy atom. The van der Waals surface area contributed by atoms with Crippen molar-refractivity contribution >= 4 is 16.7 Å². The van der Waals surface area contributed by atoms with Gasteiger partial charge < -0.3 is 11.1 Å². The summed E-state index contributed by atoms with van der Waals surface area (Å²) in [5, 5.41) is 3.96. The number of rotatable bonds is 3. The molecule has 0 aliphatic heterocycles. The van der Waals surface area contributed by atoms with Gasteiger partial charge in [-0.15, -0.1) is 0 Å². The SMILES string of the molecule is NC1(CNC(=O)c2ccc(F)c3ccccc23)CCC1. The lowest BCUT2D eigenvalue weighted by atomic mass is 9.78. The number of benzene rings is 2. The molecule has 0 atom stereocenters. The van der Waals surface area contributed by atoms with Crippen LogP contribution in [0.1, 0.15) is 29.6 Å². The molecule has 1 saturated carbocycles. The lowest BCUT2D eigenvalue weighted by molar-refractivity contribution is 0.0931. The van der Waals surface area contributed by atoms with Crippen LogP contribution in [0, 0.1) is 5.82 Å². The zero-order valence-corrected chi connectivity index (χ0v) is 11.2. The fourth-order valence-electron chi connectivity index (χ4n) is 2.62. The molecule has 0 radical (unpaired) electrons. The summed E-state index contributed by atoms with van der Waals surface area (Å²) in [5.74, 6) is -0.510. The van der Waals surface area contributed by atoms with Crippen molar-refractivity contribution < 1.29 is 9.18 Å². The van der Waals surface area contributed by atoms with Crippen LogP contribution in [0.15, 0.2) is 36.4 Å². The van der Waals surface area contributed by atoms with Crippen LogP contribution in [0.5, 0.6) is 0 Å². The van der Waals surface area contributed by atoms with Gasteiger partial charge in [-0.25, -0.2) is 4.39 Å². The van der Waals surface area contributed by atoms with Crippen LogP contribution in [-0.2, 0) is 0 Å². The molecule has 0 saturated heterocycles. The average Bonchev–Trinajstić information content (AvgIpc) is 2.43. The van der Waals surface area contributed by atoms with E-state index < -0.39 is 0 Å². The zero-order valence-electron chi connectivity index (χ0n) is 11.2. The highest BCUT2D eigenvalue weighted by Crippen LogP contribution is 2.28. The predicted octanol–water partition coefficient (Wildman–Crippen LogP) is 2.59. The highest BCUT2D eigenvalue weighted by Gasteiger charge is 2.32. The molecule has 20 heavy (non-hydrogen) atoms. The van der Waals surface area contributed by atoms with Crippen LogP contribution in [0.2, 0.25) is 0 Å². The Bertz CT molecular complexity index is 665. The number of hydrogen-bond acceptors (Lipinski definition) is 2. The first kappa shape index (κ1) is 13.1. The Hall–Kier alpha value is -1.94. The lowest BCUT2D eigenvalue weighted by Crippen LogP contribution is -2.54. The Morgan fingerprint density at radius 1 is 1.20 bits per heavy atom. The van der Waals surface area contributed by atoms with E-state index in [1.54, 1.807) is 24.3 Å². The van der Waals surface area contributed by atoms with Crippen LogP contribution in [0.3, 0.4) is 0 Å². The summed E-state index contributed by atoms with van der Waals surface area (Å²) in [6.07, 6.45) is 3.00. The second-order valence-electron chi connectivity index (χ2n) is 5.54. The molecule has 104 valence electrons. The second-order valence-corrected chi connectivity index (χ2v) is 5.54. The van der Waals surface area contributed by atoms with E-state index in [0.29, 0.717) is 22.9 Å². The van der Waals surface area contributed by atoms with E-state index in [4.69, 9.17) is 5.73 Å². The van der Waals surface area contributed by atoms with Crippen LogP contribution in [-0.4, -0.2) is 18.0 Å². The number of nitrogens with one attached hydrogen (secondary N) is 1. The average molecular weight is 272 g/mol. The minimum atomic E-state index is -0.313. The van der Waals surface area contributed by atoms with Crippen LogP contribution in [0.25, 0.3) is 10.8 Å². The summed E-state index contributed by atoms with van der Waals surface area (Å²) in [5.41, 5.74) is 6.32. The molecule has 0 bridgehead atoms. The Balaban J connectivity index is 1.86. The maximum absolute atomic E-state index is 13.7. The maximum Gasteiger partial charge on any atom is 0.251 e. The molecular weight excluding hydrogens is 255 g/mol. The van der Waals surface area contributed by atoms with Crippen molar-refractivity contribution in [3.05, 3.63) is 47.8 Å². The first-order valence-electron chi connectivity index (χ1n) is 6.83. The number of nitrogens with two attached hydrogens (primary N) is 1. The molecule has 4 heteroatoms. The van der Waals surface area contributed by atoms with Gasteiger partial charge in [0, 0.05) is 23.0 Å². The Labute approximate surface area is 117 Å². The molecular formula is C16H17FN2O. The number of carbonyl (C=O) groups excluding carboxylic acids is 1. The standard InChI is InChI=1S/C16H17FN2O/c17-14-7-6-13(11-4-1-2-5-12(11)14)15(20)19-10-16(18)8-3-9-16/h1-2,4-7H,3,8-10,18H2,(H,19,20). The van der Waals surface area contributed by atoms with Crippen molar-refractivity contribution in [3.8, 4) is 0 Å². The molecule has 0 unspecified atom stereocenters. The van der Waals surface area contributed by atoms with Gasteiger partial charge in [-0.1, -0.05) is 24.3 Å². The Kier molecular flexibility index (Phi) is 3.18. The van der Waals surface area contributed by atoms with Crippen molar-refractivity contribution in [1.29, 1.82) is 0 Å². The van der Waals surface area contributed by atoms with Gasteiger partial charge in [0.15, 0.2) is 0 Å². The Morgan fingerprint density at radius 3 is 2.55 bits per heavy atom. The lowest BCUT2D eigenvalue weighted by Gasteiger charge is -2.38. The molecule has 0 spiro atoms. The second kappa shape index (κ2) is 4.87. The van der Waals surface area contributed by atoms with Gasteiger partial charge in [-0.2, -0.15) is 0 Å². The van der Waals surface area contributed by atoms with Gasteiger partial charge in [-0.3, -0.25) is 4.79 Å². The first-order chi connectivity index (χ1) is 9.59. The van der Waals surface area contributed by atoms with Crippen molar-refractivity contribution in [3.63, 3.8) is 0 Å². The van der Waals surface area contributed by atoms with Crippen LogP contribution in [0.4, 0.5) is 4.39 Å². The van der Waals surface area contributed by atoms with E-state index >= 15 is 0 Å². The molecule has 0 heterocycles. The molecule has 2 aromatic carbocycles. The van der Waals surface area contributed by atoms with E-state index in [0.717, 1.165) is 19.3 Å². The van der Waals surface area contributed by atoms with E-state index in [1.165, 1.54) is 12.1 Å². The third kappa shape index (κ3) is 2.27. The largest absolute Gasteiger partial charge is 0.350 e. The number of hydrogen-bond donors (Lipinski definition) is 2. The molecule has 3 rings (SSSR count). The molecule has 1 amide bonds. The number of carbonyl (C=O) groups is 1. The minimum Gasteiger partial charge on any atom is -0.350 e. The summed E-state index contributed by atoms with van der Waals surface area (Å²) in [4.78, 5) is 12.3. The van der Waals surface area contributed by atoms with Gasteiger partial charge in [0.25, 0.3) is 5.91 Å². The summed E-state index contributed by atoms with van der Waals surface area (Å²) in [6.45, 7) is 0.470. The number of amides is 1. The summed E-state index contributed by atoms with van der Waals surface area (Å²) in [6, 6.07) is 9.85. The van der Waals surface area contributed by atoms with Crippen LogP contribution < -0.4 is 11.1 Å². The highest BCUT2D eigenvalue weighted by molar-refractivity contribution is 6.07. The minimum absolute atomic E-state index is 0.196. The fraction of sp³-hybridized carbons (Fsp3) is 0.312. The maximum atomic E-state index is 13.7. The topological polar surface area (TPSA) is 55.1 Å². The van der Waals surface area contributed by atoms with Gasteiger partial charge in [0.1, 0.15) is 5.82 Å². The van der Waals surface area contributed by atoms with Gasteiger partial charge in [0.05, 0.1) is 0 Å². The summed E-state index contributed by atoms with van der Waals surface area (Å²) in [7, 11) is 0. The summed E-state index contributed by atoms with van der Waals surface area (Å²) < 4.78 is 13.7. The third-order valence-corrected chi connectivity index (χ3v) is 4.07. The predicted molar refractivity (Wildman–Crippen MR) is 77.0 cm³/mol. The number of halogens is 1. The van der Waals surface area contributed by atoms with Gasteiger partial charge >= 0.3 is 0 Å². The fourth-order valence-corrected chi connectivity index (χ4v) is 2.62. The van der Waals surface area contributed by atoms with E-state index in [2.05, 4.69) is 5.32 Å². The smallest absolute Gasteiger partial charge is 0.251 e. The van der Waals surface area contributed by atoms with Crippen molar-refractivity contribution in [2.24, 2.45) is 5.73 Å². The van der Waals surface area contributed by atoms with Gasteiger partial charge in [0.2, 0.25) is 0 Å². The monoisotopic (exact) mass is 272 g/mol. The van der Waals surface area contributed by atoms with Crippen molar-refractivity contribution in [2.45, 2.75) is 24.8 Å². The van der Waals surface area contributed by atoms with Crippen molar-refractivity contribution in [2.75, 3.05) is 6.54 Å². The third-order valence-electron chi connectivity index (χ3n) is 4.07. The molecule has 3 nitrogen and oxygen atoms in total. The molecule has 2 aromatic rings. The van der Waals surface area contributed by atoms with E-state index in [9.17, 15) is 9.18 Å². The van der Waals surface area contributed by atoms with Gasteiger partial charge in [-0.05, 0) is 36.8 Å². The molecule has 1 aliphatic carbocycles. The normalized spacial score (nSPS) is 16.7. The van der Waals surface area contributed by atoms with Crippen molar-refractivity contribution in [1.82, 2.24) is 5.32 Å². The summed E-state index contributed by atoms with van der Waals surface area (Å²) >= 11 is 0. The number of fused-ring (bicyclic) bond motifs is 1. The van der Waals surface area contributed by atoms with E-state index in [1.807, 2.05) is 0 Å². The van der Waals surface area contributed by atoms with E-state index in [-0.39, 0.29) is 17.3 Å². The highest BCUT2D eigenvalue weighted by atomic mass is 19.1. The molecule has 3 N–H and O–H groups in total. The zero-order chi connectivity index (χ0) is 14.2. The molecule has 0 aromatic heterocycles. The first-order valence-corrected chi connectivity index (χ1v) is 6.83.